The number of morpholine rings is 1. The average Bonchev–Trinajstić information content (AvgIpc) is 2.96. The van der Waals surface area contributed by atoms with Gasteiger partial charge in [-0.2, -0.15) is 0 Å². The van der Waals surface area contributed by atoms with Crippen LogP contribution in [0.15, 0.2) is 24.3 Å². The standard InChI is InChI=1S/C15H19N3O4/c16-7-14-8-18(15(20)22-14)12-3-1-11(2-4-12)17-5-6-21-10-13(17)9-19/h1-4,9,13-14H,5-8,10,16H2. The fraction of sp³-hybridized carbons (Fsp3) is 0.467. The van der Waals surface area contributed by atoms with E-state index in [1.54, 1.807) is 4.90 Å². The summed E-state index contributed by atoms with van der Waals surface area (Å²) in [5, 5.41) is 0. The van der Waals surface area contributed by atoms with E-state index in [9.17, 15) is 9.59 Å². The van der Waals surface area contributed by atoms with Crippen molar-refractivity contribution < 1.29 is 19.1 Å². The Balaban J connectivity index is 1.75. The summed E-state index contributed by atoms with van der Waals surface area (Å²) < 4.78 is 10.5. The lowest BCUT2D eigenvalue weighted by molar-refractivity contribution is -0.111. The van der Waals surface area contributed by atoms with Gasteiger partial charge in [0.05, 0.1) is 19.8 Å². The minimum absolute atomic E-state index is 0.258. The number of hydrogen-bond donors (Lipinski definition) is 1. The van der Waals surface area contributed by atoms with E-state index in [2.05, 4.69) is 0 Å². The number of nitrogens with zero attached hydrogens (tertiary/aromatic N) is 2. The summed E-state index contributed by atoms with van der Waals surface area (Å²) in [6.45, 7) is 2.45. The van der Waals surface area contributed by atoms with Crippen molar-refractivity contribution in [3.8, 4) is 0 Å². The van der Waals surface area contributed by atoms with Gasteiger partial charge in [0.25, 0.3) is 0 Å². The van der Waals surface area contributed by atoms with Crippen molar-refractivity contribution in [2.75, 3.05) is 42.6 Å². The fourth-order valence-corrected chi connectivity index (χ4v) is 2.74. The minimum atomic E-state index is -0.375. The molecule has 7 nitrogen and oxygen atoms in total. The van der Waals surface area contributed by atoms with Gasteiger partial charge in [-0.15, -0.1) is 0 Å². The first-order chi connectivity index (χ1) is 10.7. The fourth-order valence-electron chi connectivity index (χ4n) is 2.74. The molecule has 0 saturated carbocycles. The van der Waals surface area contributed by atoms with Crippen LogP contribution in [-0.2, 0) is 14.3 Å². The van der Waals surface area contributed by atoms with Crippen LogP contribution in [0.3, 0.4) is 0 Å². The maximum Gasteiger partial charge on any atom is 0.414 e. The van der Waals surface area contributed by atoms with Crippen LogP contribution in [0.4, 0.5) is 16.2 Å². The van der Waals surface area contributed by atoms with Crippen molar-refractivity contribution in [1.82, 2.24) is 0 Å². The molecular formula is C15H19N3O4. The van der Waals surface area contributed by atoms with E-state index < -0.39 is 0 Å². The van der Waals surface area contributed by atoms with Crippen LogP contribution in [0.25, 0.3) is 0 Å². The highest BCUT2D eigenvalue weighted by Gasteiger charge is 2.31. The Morgan fingerprint density at radius 3 is 2.64 bits per heavy atom. The number of carbonyl (C=O) groups is 2. The molecule has 3 rings (SSSR count). The van der Waals surface area contributed by atoms with Crippen molar-refractivity contribution >= 4 is 23.8 Å². The molecule has 2 N–H and O–H groups in total. The van der Waals surface area contributed by atoms with Gasteiger partial charge in [-0.1, -0.05) is 0 Å². The van der Waals surface area contributed by atoms with E-state index in [0.717, 1.165) is 17.7 Å². The molecule has 1 aromatic carbocycles. The van der Waals surface area contributed by atoms with Gasteiger partial charge in [-0.3, -0.25) is 4.90 Å². The van der Waals surface area contributed by atoms with Gasteiger partial charge >= 0.3 is 6.09 Å². The second-order valence-corrected chi connectivity index (χ2v) is 5.34. The predicted molar refractivity (Wildman–Crippen MR) is 81.1 cm³/mol. The first-order valence-corrected chi connectivity index (χ1v) is 7.31. The highest BCUT2D eigenvalue weighted by atomic mass is 16.6. The molecule has 22 heavy (non-hydrogen) atoms. The van der Waals surface area contributed by atoms with Crippen molar-refractivity contribution in [1.29, 1.82) is 0 Å². The summed E-state index contributed by atoms with van der Waals surface area (Å²) in [5.41, 5.74) is 7.23. The van der Waals surface area contributed by atoms with Crippen molar-refractivity contribution in [3.05, 3.63) is 24.3 Å². The van der Waals surface area contributed by atoms with E-state index in [1.165, 1.54) is 0 Å². The van der Waals surface area contributed by atoms with Gasteiger partial charge < -0.3 is 24.9 Å². The Hall–Kier alpha value is -2.12. The number of hydrogen-bond acceptors (Lipinski definition) is 6. The third-order valence-electron chi connectivity index (χ3n) is 3.95. The topological polar surface area (TPSA) is 85.1 Å². The smallest absolute Gasteiger partial charge is 0.414 e. The number of amides is 1. The lowest BCUT2D eigenvalue weighted by Crippen LogP contribution is -2.46. The van der Waals surface area contributed by atoms with Gasteiger partial charge in [0, 0.05) is 24.5 Å². The molecule has 0 bridgehead atoms. The lowest BCUT2D eigenvalue weighted by atomic mass is 10.2. The molecule has 118 valence electrons. The first kappa shape index (κ1) is 14.8. The summed E-state index contributed by atoms with van der Waals surface area (Å²) in [7, 11) is 0. The molecular weight excluding hydrogens is 286 g/mol. The average molecular weight is 305 g/mol. The number of anilines is 2. The van der Waals surface area contributed by atoms with E-state index in [-0.39, 0.29) is 18.2 Å². The van der Waals surface area contributed by atoms with Crippen LogP contribution in [0.2, 0.25) is 0 Å². The zero-order valence-electron chi connectivity index (χ0n) is 12.2. The van der Waals surface area contributed by atoms with E-state index in [4.69, 9.17) is 15.2 Å². The molecule has 2 unspecified atom stereocenters. The van der Waals surface area contributed by atoms with Crippen LogP contribution >= 0.6 is 0 Å². The normalized spacial score (nSPS) is 25.2. The summed E-state index contributed by atoms with van der Waals surface area (Å²) in [6, 6.07) is 7.25. The van der Waals surface area contributed by atoms with Gasteiger partial charge in [0.15, 0.2) is 0 Å². The maximum atomic E-state index is 11.8. The van der Waals surface area contributed by atoms with Gasteiger partial charge in [-0.05, 0) is 24.3 Å². The second kappa shape index (κ2) is 6.33. The van der Waals surface area contributed by atoms with E-state index in [1.807, 2.05) is 29.2 Å². The highest BCUT2D eigenvalue weighted by molar-refractivity contribution is 5.90. The maximum absolute atomic E-state index is 11.8. The van der Waals surface area contributed by atoms with Gasteiger partial charge in [0.2, 0.25) is 0 Å². The molecule has 0 spiro atoms. The number of cyclic esters (lactones) is 1. The van der Waals surface area contributed by atoms with Crippen LogP contribution in [0, 0.1) is 0 Å². The molecule has 0 radical (unpaired) electrons. The van der Waals surface area contributed by atoms with Crippen LogP contribution in [-0.4, -0.2) is 57.4 Å². The summed E-state index contributed by atoms with van der Waals surface area (Å²) in [4.78, 5) is 26.5. The van der Waals surface area contributed by atoms with Crippen molar-refractivity contribution in [3.63, 3.8) is 0 Å². The van der Waals surface area contributed by atoms with E-state index >= 15 is 0 Å². The summed E-state index contributed by atoms with van der Waals surface area (Å²) >= 11 is 0. The molecule has 1 aromatic rings. The molecule has 2 aliphatic heterocycles. The lowest BCUT2D eigenvalue weighted by Gasteiger charge is -2.34. The molecule has 2 saturated heterocycles. The molecule has 0 aromatic heterocycles. The molecule has 2 fully saturated rings. The Morgan fingerprint density at radius 2 is 2.00 bits per heavy atom. The summed E-state index contributed by atoms with van der Waals surface area (Å²) in [5.74, 6) is 0. The predicted octanol–water partition coefficient (Wildman–Crippen LogP) is 0.375. The van der Waals surface area contributed by atoms with Crippen LogP contribution in [0.1, 0.15) is 0 Å². The first-order valence-electron chi connectivity index (χ1n) is 7.31. The quantitative estimate of drug-likeness (QED) is 0.809. The number of nitrogens with two attached hydrogens (primary N) is 1. The van der Waals surface area contributed by atoms with Gasteiger partial charge in [-0.25, -0.2) is 4.79 Å². The number of carbonyl (C=O) groups excluding carboxylic acids is 2. The Labute approximate surface area is 128 Å². The zero-order valence-corrected chi connectivity index (χ0v) is 12.2. The molecule has 0 aliphatic carbocycles. The summed E-state index contributed by atoms with van der Waals surface area (Å²) in [6.07, 6.45) is 0.266. The molecule has 2 heterocycles. The Morgan fingerprint density at radius 1 is 1.27 bits per heavy atom. The van der Waals surface area contributed by atoms with Crippen molar-refractivity contribution in [2.24, 2.45) is 5.73 Å². The number of ether oxygens (including phenoxy) is 2. The molecule has 2 aliphatic rings. The Bertz CT molecular complexity index is 548. The third kappa shape index (κ3) is 2.77. The number of benzene rings is 1. The SMILES string of the molecule is NCC1CN(c2ccc(N3CCOCC3C=O)cc2)C(=O)O1. The van der Waals surface area contributed by atoms with E-state index in [0.29, 0.717) is 32.8 Å². The molecule has 7 heteroatoms. The largest absolute Gasteiger partial charge is 0.443 e. The number of aldehydes is 1. The molecule has 1 amide bonds. The monoisotopic (exact) mass is 305 g/mol. The van der Waals surface area contributed by atoms with Crippen LogP contribution in [0.5, 0.6) is 0 Å². The minimum Gasteiger partial charge on any atom is -0.443 e. The third-order valence-corrected chi connectivity index (χ3v) is 3.95. The van der Waals surface area contributed by atoms with Gasteiger partial charge in [0.1, 0.15) is 18.4 Å². The molecule has 2 atom stereocenters. The number of rotatable bonds is 4. The highest BCUT2D eigenvalue weighted by Crippen LogP contribution is 2.26. The van der Waals surface area contributed by atoms with Crippen LogP contribution < -0.4 is 15.5 Å². The Kier molecular flexibility index (Phi) is 4.26. The van der Waals surface area contributed by atoms with Crippen molar-refractivity contribution in [2.45, 2.75) is 12.1 Å². The zero-order chi connectivity index (χ0) is 15.5. The second-order valence-electron chi connectivity index (χ2n) is 5.34.